The van der Waals surface area contributed by atoms with E-state index in [1.807, 2.05) is 0 Å². The lowest BCUT2D eigenvalue weighted by atomic mass is 10.2. The molecule has 0 aliphatic rings. The second kappa shape index (κ2) is 7.22. The maximum atomic E-state index is 10.6. The fourth-order valence-electron chi connectivity index (χ4n) is 0.969. The van der Waals surface area contributed by atoms with Crippen LogP contribution in [0.25, 0.3) is 0 Å². The molecule has 0 atom stereocenters. The van der Waals surface area contributed by atoms with Crippen molar-refractivity contribution >= 4 is 11.9 Å². The summed E-state index contributed by atoms with van der Waals surface area (Å²) in [6.07, 6.45) is -5.08. The smallest absolute Gasteiger partial charge is 0.490 e. The standard InChI is InChI=1S/C9H10O4.C2HF3O2/c1-12-7-4-3-6(9(10)11)5-8(7)13-2;3-2(4,5)1(6)7/h3-5H,1-2H3,(H,10,11);(H,6,7). The van der Waals surface area contributed by atoms with E-state index in [1.54, 1.807) is 6.07 Å². The predicted octanol–water partition coefficient (Wildman–Crippen LogP) is 2.04. The zero-order chi connectivity index (χ0) is 15.9. The van der Waals surface area contributed by atoms with Crippen LogP contribution in [0, 0.1) is 0 Å². The molecule has 0 aromatic heterocycles. The van der Waals surface area contributed by atoms with E-state index in [-0.39, 0.29) is 5.56 Å². The Bertz CT molecular complexity index is 484. The summed E-state index contributed by atoms with van der Waals surface area (Å²) >= 11 is 0. The Hall–Kier alpha value is -2.45. The number of aliphatic carboxylic acids is 1. The molecule has 1 aromatic rings. The van der Waals surface area contributed by atoms with Crippen molar-refractivity contribution in [1.29, 1.82) is 0 Å². The molecule has 9 heteroatoms. The van der Waals surface area contributed by atoms with Crippen molar-refractivity contribution < 1.29 is 42.4 Å². The third-order valence-corrected chi connectivity index (χ3v) is 1.87. The van der Waals surface area contributed by atoms with Gasteiger partial charge in [-0.25, -0.2) is 9.59 Å². The molecule has 0 amide bonds. The van der Waals surface area contributed by atoms with Gasteiger partial charge in [0.15, 0.2) is 11.5 Å². The van der Waals surface area contributed by atoms with E-state index in [0.717, 1.165) is 0 Å². The van der Waals surface area contributed by atoms with Crippen molar-refractivity contribution in [3.8, 4) is 11.5 Å². The lowest BCUT2D eigenvalue weighted by Crippen LogP contribution is -2.21. The Morgan fingerprint density at radius 2 is 1.50 bits per heavy atom. The second-order valence-electron chi connectivity index (χ2n) is 3.18. The van der Waals surface area contributed by atoms with Gasteiger partial charge in [-0.1, -0.05) is 0 Å². The van der Waals surface area contributed by atoms with Gasteiger partial charge in [-0.3, -0.25) is 0 Å². The van der Waals surface area contributed by atoms with Gasteiger partial charge in [0.1, 0.15) is 0 Å². The lowest BCUT2D eigenvalue weighted by Gasteiger charge is -2.07. The van der Waals surface area contributed by atoms with Gasteiger partial charge in [-0.05, 0) is 18.2 Å². The van der Waals surface area contributed by atoms with Crippen LogP contribution in [0.4, 0.5) is 13.2 Å². The maximum Gasteiger partial charge on any atom is 0.490 e. The van der Waals surface area contributed by atoms with E-state index in [0.29, 0.717) is 11.5 Å². The molecule has 6 nitrogen and oxygen atoms in total. The second-order valence-corrected chi connectivity index (χ2v) is 3.18. The summed E-state index contributed by atoms with van der Waals surface area (Å²) in [5, 5.41) is 15.8. The first-order chi connectivity index (χ1) is 9.13. The fourth-order valence-corrected chi connectivity index (χ4v) is 0.969. The van der Waals surface area contributed by atoms with Crippen LogP contribution in [-0.4, -0.2) is 42.5 Å². The molecule has 0 saturated heterocycles. The number of ether oxygens (including phenoxy) is 2. The Kier molecular flexibility index (Phi) is 6.33. The Balaban J connectivity index is 0.000000441. The Morgan fingerprint density at radius 3 is 1.80 bits per heavy atom. The number of benzene rings is 1. The van der Waals surface area contributed by atoms with Crippen molar-refractivity contribution in [3.05, 3.63) is 23.8 Å². The van der Waals surface area contributed by atoms with Gasteiger partial charge in [0.05, 0.1) is 19.8 Å². The van der Waals surface area contributed by atoms with Gasteiger partial charge in [0, 0.05) is 0 Å². The monoisotopic (exact) mass is 296 g/mol. The number of carboxylic acid groups (broad SMARTS) is 2. The summed E-state index contributed by atoms with van der Waals surface area (Å²) in [7, 11) is 2.96. The van der Waals surface area contributed by atoms with Crippen molar-refractivity contribution in [2.75, 3.05) is 14.2 Å². The first-order valence-electron chi connectivity index (χ1n) is 4.89. The first-order valence-corrected chi connectivity index (χ1v) is 4.89. The molecule has 2 N–H and O–H groups in total. The van der Waals surface area contributed by atoms with E-state index in [2.05, 4.69) is 0 Å². The fraction of sp³-hybridized carbons (Fsp3) is 0.273. The third kappa shape index (κ3) is 5.46. The summed E-state index contributed by atoms with van der Waals surface area (Å²) in [5.74, 6) is -2.80. The van der Waals surface area contributed by atoms with Crippen LogP contribution >= 0.6 is 0 Å². The number of rotatable bonds is 3. The Morgan fingerprint density at radius 1 is 1.05 bits per heavy atom. The summed E-state index contributed by atoms with van der Waals surface area (Å²) in [4.78, 5) is 19.5. The molecule has 0 saturated carbocycles. The zero-order valence-electron chi connectivity index (χ0n) is 10.4. The molecular weight excluding hydrogens is 285 g/mol. The average molecular weight is 296 g/mol. The highest BCUT2D eigenvalue weighted by Gasteiger charge is 2.38. The van der Waals surface area contributed by atoms with Gasteiger partial charge in [0.25, 0.3) is 0 Å². The summed E-state index contributed by atoms with van der Waals surface area (Å²) in [6, 6.07) is 4.44. The van der Waals surface area contributed by atoms with E-state index < -0.39 is 18.1 Å². The summed E-state index contributed by atoms with van der Waals surface area (Å²) in [6.45, 7) is 0. The molecule has 0 unspecified atom stereocenters. The number of carbonyl (C=O) groups is 2. The SMILES string of the molecule is COc1ccc(C(=O)O)cc1OC.O=C(O)C(F)(F)F. The van der Waals surface area contributed by atoms with Gasteiger partial charge < -0.3 is 19.7 Å². The third-order valence-electron chi connectivity index (χ3n) is 1.87. The largest absolute Gasteiger partial charge is 0.493 e. The van der Waals surface area contributed by atoms with Crippen LogP contribution in [0.2, 0.25) is 0 Å². The molecule has 1 aromatic carbocycles. The van der Waals surface area contributed by atoms with Crippen molar-refractivity contribution in [3.63, 3.8) is 0 Å². The van der Waals surface area contributed by atoms with E-state index in [4.69, 9.17) is 24.5 Å². The van der Waals surface area contributed by atoms with Gasteiger partial charge in [0.2, 0.25) is 0 Å². The molecule has 20 heavy (non-hydrogen) atoms. The topological polar surface area (TPSA) is 93.1 Å². The van der Waals surface area contributed by atoms with Crippen LogP contribution < -0.4 is 9.47 Å². The number of alkyl halides is 3. The normalized spacial score (nSPS) is 10.1. The van der Waals surface area contributed by atoms with Crippen molar-refractivity contribution in [2.45, 2.75) is 6.18 Å². The van der Waals surface area contributed by atoms with Crippen molar-refractivity contribution in [1.82, 2.24) is 0 Å². The van der Waals surface area contributed by atoms with Gasteiger partial charge in [-0.15, -0.1) is 0 Å². The van der Waals surface area contributed by atoms with E-state index in [1.165, 1.54) is 26.4 Å². The zero-order valence-corrected chi connectivity index (χ0v) is 10.4. The molecule has 0 radical (unpaired) electrons. The number of carboxylic acids is 2. The highest BCUT2D eigenvalue weighted by atomic mass is 19.4. The van der Waals surface area contributed by atoms with Crippen LogP contribution in [0.5, 0.6) is 11.5 Å². The van der Waals surface area contributed by atoms with E-state index >= 15 is 0 Å². The Labute approximate surface area is 111 Å². The van der Waals surface area contributed by atoms with Crippen LogP contribution in [0.15, 0.2) is 18.2 Å². The summed E-state index contributed by atoms with van der Waals surface area (Å²) in [5.41, 5.74) is 0.178. The number of hydrogen-bond acceptors (Lipinski definition) is 4. The quantitative estimate of drug-likeness (QED) is 0.886. The maximum absolute atomic E-state index is 10.6. The molecule has 0 heterocycles. The minimum Gasteiger partial charge on any atom is -0.493 e. The van der Waals surface area contributed by atoms with Gasteiger partial charge in [-0.2, -0.15) is 13.2 Å². The molecule has 0 aliphatic heterocycles. The molecule has 0 fully saturated rings. The molecule has 0 spiro atoms. The predicted molar refractivity (Wildman–Crippen MR) is 60.2 cm³/mol. The number of methoxy groups -OCH3 is 2. The highest BCUT2D eigenvalue weighted by molar-refractivity contribution is 5.88. The minimum atomic E-state index is -5.08. The van der Waals surface area contributed by atoms with Crippen molar-refractivity contribution in [2.24, 2.45) is 0 Å². The molecular formula is C11H11F3O6. The number of halogens is 3. The average Bonchev–Trinajstić information content (AvgIpc) is 2.37. The van der Waals surface area contributed by atoms with Crippen LogP contribution in [0.1, 0.15) is 10.4 Å². The number of aromatic carboxylic acids is 1. The van der Waals surface area contributed by atoms with E-state index in [9.17, 15) is 18.0 Å². The first kappa shape index (κ1) is 17.6. The molecule has 112 valence electrons. The van der Waals surface area contributed by atoms with Crippen LogP contribution in [-0.2, 0) is 4.79 Å². The number of hydrogen-bond donors (Lipinski definition) is 2. The van der Waals surface area contributed by atoms with Crippen LogP contribution in [0.3, 0.4) is 0 Å². The highest BCUT2D eigenvalue weighted by Crippen LogP contribution is 2.27. The molecule has 0 aliphatic carbocycles. The lowest BCUT2D eigenvalue weighted by molar-refractivity contribution is -0.192. The minimum absolute atomic E-state index is 0.178. The summed E-state index contributed by atoms with van der Waals surface area (Å²) < 4.78 is 41.6. The van der Waals surface area contributed by atoms with Gasteiger partial charge >= 0.3 is 18.1 Å². The molecule has 0 bridgehead atoms. The molecule has 1 rings (SSSR count).